The average molecular weight is 294 g/mol. The summed E-state index contributed by atoms with van der Waals surface area (Å²) in [4.78, 5) is 2.09. The average Bonchev–Trinajstić information content (AvgIpc) is 2.84. The summed E-state index contributed by atoms with van der Waals surface area (Å²) in [7, 11) is 3.88. The summed E-state index contributed by atoms with van der Waals surface area (Å²) in [6.07, 6.45) is 3.24. The Labute approximate surface area is 124 Å². The molecule has 0 fully saturated rings. The van der Waals surface area contributed by atoms with E-state index in [4.69, 9.17) is 11.6 Å². The summed E-state index contributed by atoms with van der Waals surface area (Å²) in [5, 5.41) is 15.1. The molecule has 1 aromatic carbocycles. The molecule has 0 amide bonds. The number of aliphatic hydroxyl groups excluding tert-OH is 1. The molecule has 2 unspecified atom stereocenters. The number of likely N-dealkylation sites (N-methyl/N-ethyl adjacent to an activating group) is 1. The highest BCUT2D eigenvalue weighted by molar-refractivity contribution is 6.31. The van der Waals surface area contributed by atoms with Crippen LogP contribution in [-0.2, 0) is 7.05 Å². The van der Waals surface area contributed by atoms with Crippen molar-refractivity contribution < 1.29 is 5.11 Å². The van der Waals surface area contributed by atoms with E-state index in [0.717, 1.165) is 11.1 Å². The molecule has 0 bridgehead atoms. The van der Waals surface area contributed by atoms with E-state index in [0.29, 0.717) is 11.6 Å². The number of halogens is 1. The Kier molecular flexibility index (Phi) is 4.81. The number of aromatic nitrogens is 2. The second-order valence-electron chi connectivity index (χ2n) is 5.10. The van der Waals surface area contributed by atoms with E-state index in [1.807, 2.05) is 44.7 Å². The van der Waals surface area contributed by atoms with E-state index in [2.05, 4.69) is 16.9 Å². The van der Waals surface area contributed by atoms with Gasteiger partial charge in [-0.2, -0.15) is 5.10 Å². The van der Waals surface area contributed by atoms with Gasteiger partial charge in [0.25, 0.3) is 0 Å². The van der Waals surface area contributed by atoms with E-state index < -0.39 is 6.10 Å². The van der Waals surface area contributed by atoms with Crippen molar-refractivity contribution in [2.45, 2.75) is 19.1 Å². The van der Waals surface area contributed by atoms with Gasteiger partial charge >= 0.3 is 0 Å². The fourth-order valence-corrected chi connectivity index (χ4v) is 2.45. The third-order valence-corrected chi connectivity index (χ3v) is 3.94. The Morgan fingerprint density at radius 2 is 2.10 bits per heavy atom. The molecule has 1 N–H and O–H groups in total. The predicted molar refractivity (Wildman–Crippen MR) is 80.7 cm³/mol. The quantitative estimate of drug-likeness (QED) is 0.922. The second-order valence-corrected chi connectivity index (χ2v) is 5.51. The topological polar surface area (TPSA) is 41.3 Å². The van der Waals surface area contributed by atoms with E-state index >= 15 is 0 Å². The maximum absolute atomic E-state index is 10.3. The summed E-state index contributed by atoms with van der Waals surface area (Å²) >= 11 is 6.11. The van der Waals surface area contributed by atoms with E-state index in [9.17, 15) is 5.11 Å². The third kappa shape index (κ3) is 3.39. The molecule has 4 nitrogen and oxygen atoms in total. The highest BCUT2D eigenvalue weighted by Crippen LogP contribution is 2.25. The summed E-state index contributed by atoms with van der Waals surface area (Å²) in [5.41, 5.74) is 1.89. The second kappa shape index (κ2) is 6.39. The van der Waals surface area contributed by atoms with Crippen molar-refractivity contribution in [3.63, 3.8) is 0 Å². The van der Waals surface area contributed by atoms with Crippen LogP contribution in [0.4, 0.5) is 0 Å². The van der Waals surface area contributed by atoms with Gasteiger partial charge in [0, 0.05) is 42.0 Å². The van der Waals surface area contributed by atoms with Crippen LogP contribution in [0.5, 0.6) is 0 Å². The first-order valence-corrected chi connectivity index (χ1v) is 6.98. The number of aliphatic hydroxyl groups is 1. The first-order valence-electron chi connectivity index (χ1n) is 6.60. The molecular weight excluding hydrogens is 274 g/mol. The highest BCUT2D eigenvalue weighted by atomic mass is 35.5. The van der Waals surface area contributed by atoms with Crippen LogP contribution >= 0.6 is 11.6 Å². The van der Waals surface area contributed by atoms with Crippen LogP contribution in [0.2, 0.25) is 5.02 Å². The van der Waals surface area contributed by atoms with Gasteiger partial charge < -0.3 is 5.11 Å². The number of hydrogen-bond acceptors (Lipinski definition) is 3. The lowest BCUT2D eigenvalue weighted by Gasteiger charge is -2.26. The molecule has 2 rings (SSSR count). The van der Waals surface area contributed by atoms with Crippen LogP contribution in [0.3, 0.4) is 0 Å². The van der Waals surface area contributed by atoms with Gasteiger partial charge in [-0.1, -0.05) is 29.8 Å². The van der Waals surface area contributed by atoms with Gasteiger partial charge in [-0.05, 0) is 20.0 Å². The minimum Gasteiger partial charge on any atom is -0.387 e. The van der Waals surface area contributed by atoms with Crippen molar-refractivity contribution in [3.05, 3.63) is 52.8 Å². The molecule has 2 aromatic rings. The van der Waals surface area contributed by atoms with Crippen LogP contribution in [0.25, 0.3) is 0 Å². The molecule has 0 aliphatic rings. The molecule has 0 radical (unpaired) electrons. The first kappa shape index (κ1) is 15.0. The normalized spacial score (nSPS) is 14.5. The van der Waals surface area contributed by atoms with Gasteiger partial charge in [-0.25, -0.2) is 0 Å². The SMILES string of the molecule is CC(c1cnn(C)c1)N(C)CC(O)c1ccccc1Cl. The first-order chi connectivity index (χ1) is 9.49. The molecule has 0 spiro atoms. The minimum absolute atomic E-state index is 0.181. The molecule has 0 aliphatic carbocycles. The predicted octanol–water partition coefficient (Wildman–Crippen LogP) is 2.80. The van der Waals surface area contributed by atoms with Crippen LogP contribution in [0, 0.1) is 0 Å². The molecule has 2 atom stereocenters. The molecule has 1 aromatic heterocycles. The molecule has 108 valence electrons. The maximum atomic E-state index is 10.3. The molecule has 0 saturated heterocycles. The van der Waals surface area contributed by atoms with Crippen LogP contribution < -0.4 is 0 Å². The van der Waals surface area contributed by atoms with Crippen molar-refractivity contribution in [1.82, 2.24) is 14.7 Å². The standard InChI is InChI=1S/C15H20ClN3O/c1-11(12-8-17-19(3)9-12)18(2)10-15(20)13-6-4-5-7-14(13)16/h4-9,11,15,20H,10H2,1-3H3. The van der Waals surface area contributed by atoms with Gasteiger partial charge in [0.2, 0.25) is 0 Å². The molecular formula is C15H20ClN3O. The Balaban J connectivity index is 2.04. The Hall–Kier alpha value is -1.36. The fourth-order valence-electron chi connectivity index (χ4n) is 2.18. The zero-order valence-corrected chi connectivity index (χ0v) is 12.7. The summed E-state index contributed by atoms with van der Waals surface area (Å²) in [5.74, 6) is 0. The number of hydrogen-bond donors (Lipinski definition) is 1. The lowest BCUT2D eigenvalue weighted by molar-refractivity contribution is 0.108. The Bertz CT molecular complexity index is 570. The van der Waals surface area contributed by atoms with Gasteiger partial charge in [-0.3, -0.25) is 9.58 Å². The van der Waals surface area contributed by atoms with Crippen LogP contribution in [-0.4, -0.2) is 33.4 Å². The molecule has 20 heavy (non-hydrogen) atoms. The third-order valence-electron chi connectivity index (χ3n) is 3.59. The van der Waals surface area contributed by atoms with Gasteiger partial charge in [-0.15, -0.1) is 0 Å². The number of rotatable bonds is 5. The number of aryl methyl sites for hydroxylation is 1. The van der Waals surface area contributed by atoms with Crippen molar-refractivity contribution in [2.75, 3.05) is 13.6 Å². The smallest absolute Gasteiger partial charge is 0.0931 e. The number of nitrogens with zero attached hydrogens (tertiary/aromatic N) is 3. The minimum atomic E-state index is -0.604. The zero-order chi connectivity index (χ0) is 14.7. The van der Waals surface area contributed by atoms with Gasteiger partial charge in [0.1, 0.15) is 0 Å². The van der Waals surface area contributed by atoms with E-state index in [1.165, 1.54) is 0 Å². The fraction of sp³-hybridized carbons (Fsp3) is 0.400. The molecule has 0 saturated carbocycles. The lowest BCUT2D eigenvalue weighted by atomic mass is 10.1. The monoisotopic (exact) mass is 293 g/mol. The van der Waals surface area contributed by atoms with E-state index in [-0.39, 0.29) is 6.04 Å². The number of benzene rings is 1. The summed E-state index contributed by atoms with van der Waals surface area (Å²) in [6.45, 7) is 2.61. The molecule has 5 heteroatoms. The lowest BCUT2D eigenvalue weighted by Crippen LogP contribution is -2.27. The molecule has 0 aliphatic heterocycles. The van der Waals surface area contributed by atoms with Crippen molar-refractivity contribution in [3.8, 4) is 0 Å². The van der Waals surface area contributed by atoms with E-state index in [1.54, 1.807) is 10.7 Å². The zero-order valence-electron chi connectivity index (χ0n) is 12.0. The summed E-state index contributed by atoms with van der Waals surface area (Å²) < 4.78 is 1.78. The Morgan fingerprint density at radius 1 is 1.40 bits per heavy atom. The maximum Gasteiger partial charge on any atom is 0.0931 e. The van der Waals surface area contributed by atoms with Crippen molar-refractivity contribution in [1.29, 1.82) is 0 Å². The van der Waals surface area contributed by atoms with Crippen molar-refractivity contribution in [2.24, 2.45) is 7.05 Å². The van der Waals surface area contributed by atoms with Crippen LogP contribution in [0.1, 0.15) is 30.2 Å². The highest BCUT2D eigenvalue weighted by Gasteiger charge is 2.18. The van der Waals surface area contributed by atoms with Gasteiger partial charge in [0.05, 0.1) is 12.3 Å². The summed E-state index contributed by atoms with van der Waals surface area (Å²) in [6, 6.07) is 7.58. The van der Waals surface area contributed by atoms with Crippen molar-refractivity contribution >= 4 is 11.6 Å². The van der Waals surface area contributed by atoms with Crippen LogP contribution in [0.15, 0.2) is 36.7 Å². The Morgan fingerprint density at radius 3 is 2.70 bits per heavy atom. The molecule has 1 heterocycles. The largest absolute Gasteiger partial charge is 0.387 e. The van der Waals surface area contributed by atoms with Gasteiger partial charge in [0.15, 0.2) is 0 Å².